The van der Waals surface area contributed by atoms with E-state index in [0.717, 1.165) is 66.5 Å². The number of benzene rings is 1. The van der Waals surface area contributed by atoms with Gasteiger partial charge in [0.25, 0.3) is 5.91 Å². The topological polar surface area (TPSA) is 83.4 Å². The van der Waals surface area contributed by atoms with Crippen LogP contribution in [0.2, 0.25) is 0 Å². The van der Waals surface area contributed by atoms with Crippen molar-refractivity contribution in [1.29, 1.82) is 0 Å². The van der Waals surface area contributed by atoms with Gasteiger partial charge in [-0.05, 0) is 92.0 Å². The van der Waals surface area contributed by atoms with E-state index in [0.29, 0.717) is 12.2 Å². The van der Waals surface area contributed by atoms with Crippen LogP contribution in [0.1, 0.15) is 74.3 Å². The maximum absolute atomic E-state index is 13.5. The van der Waals surface area contributed by atoms with Crippen molar-refractivity contribution in [3.63, 3.8) is 0 Å². The molecule has 3 amide bonds. The fourth-order valence-corrected chi connectivity index (χ4v) is 6.90. The highest BCUT2D eigenvalue weighted by molar-refractivity contribution is 14.1. The quantitative estimate of drug-likeness (QED) is 0.124. The third-order valence-electron chi connectivity index (χ3n) is 7.77. The van der Waals surface area contributed by atoms with Gasteiger partial charge in [-0.3, -0.25) is 14.4 Å². The molecule has 3 aromatic rings. The van der Waals surface area contributed by atoms with Gasteiger partial charge in [0.2, 0.25) is 11.8 Å². The summed E-state index contributed by atoms with van der Waals surface area (Å²) >= 11 is 3.97. The van der Waals surface area contributed by atoms with E-state index in [-0.39, 0.29) is 36.2 Å². The van der Waals surface area contributed by atoms with Gasteiger partial charge >= 0.3 is 0 Å². The Morgan fingerprint density at radius 2 is 1.82 bits per heavy atom. The number of fused-ring (bicyclic) bond motifs is 1. The minimum absolute atomic E-state index is 0.0240. The van der Waals surface area contributed by atoms with Crippen LogP contribution in [0.15, 0.2) is 41.8 Å². The highest BCUT2D eigenvalue weighted by Gasteiger charge is 2.28. The summed E-state index contributed by atoms with van der Waals surface area (Å²) in [5.41, 5.74) is 3.37. The van der Waals surface area contributed by atoms with Gasteiger partial charge < -0.3 is 20.1 Å². The number of halogens is 1. The van der Waals surface area contributed by atoms with Crippen LogP contribution in [-0.4, -0.2) is 45.8 Å². The minimum atomic E-state index is -0.158. The Morgan fingerprint density at radius 1 is 1.05 bits per heavy atom. The van der Waals surface area contributed by atoms with Crippen LogP contribution in [-0.2, 0) is 16.1 Å². The molecule has 0 saturated heterocycles. The summed E-state index contributed by atoms with van der Waals surface area (Å²) in [6.07, 6.45) is 7.79. The molecule has 0 aliphatic heterocycles. The zero-order valence-electron chi connectivity index (χ0n) is 23.6. The standard InChI is InChI=1S/C31H41IN4O3S/c1-3-35(25-10-8-9-22(2)19-25)29(37)21-36-26-15-18-40-28(26)20-27(36)31(39)34-24-13-11-23(12-14-24)30(38)33-17-7-5-4-6-16-32/h8-10,15,18-20,23-24H,3-7,11-14,16-17,21H2,1-2H3,(H,33,38)(H,34,39)/t23-,24-. The number of hydrogen-bond acceptors (Lipinski definition) is 4. The number of nitrogens with zero attached hydrogens (tertiary/aromatic N) is 2. The minimum Gasteiger partial charge on any atom is -0.356 e. The summed E-state index contributed by atoms with van der Waals surface area (Å²) in [4.78, 5) is 41.3. The second kappa shape index (κ2) is 15.0. The van der Waals surface area contributed by atoms with E-state index in [2.05, 4.69) is 33.2 Å². The van der Waals surface area contributed by atoms with Crippen molar-refractivity contribution < 1.29 is 14.4 Å². The number of unbranched alkanes of at least 4 members (excludes halogenated alkanes) is 3. The third kappa shape index (κ3) is 7.87. The van der Waals surface area contributed by atoms with E-state index in [4.69, 9.17) is 0 Å². The SMILES string of the molecule is CCN(C(=O)Cn1c(C(=O)N[C@H]2CC[C@H](C(=O)NCCCCCCI)CC2)cc2sccc21)c1cccc(C)c1. The maximum Gasteiger partial charge on any atom is 0.268 e. The van der Waals surface area contributed by atoms with Gasteiger partial charge in [0.15, 0.2) is 0 Å². The van der Waals surface area contributed by atoms with Gasteiger partial charge in [0.05, 0.1) is 10.2 Å². The normalized spacial score (nSPS) is 17.1. The van der Waals surface area contributed by atoms with Crippen LogP contribution in [0, 0.1) is 12.8 Å². The number of nitrogens with one attached hydrogen (secondary N) is 2. The Kier molecular flexibility index (Phi) is 11.5. The van der Waals surface area contributed by atoms with Crippen molar-refractivity contribution in [3.05, 3.63) is 53.0 Å². The fraction of sp³-hybridized carbons (Fsp3) is 0.516. The van der Waals surface area contributed by atoms with Gasteiger partial charge in [-0.1, -0.05) is 47.6 Å². The van der Waals surface area contributed by atoms with Crippen molar-refractivity contribution in [2.24, 2.45) is 5.92 Å². The zero-order chi connectivity index (χ0) is 28.5. The lowest BCUT2D eigenvalue weighted by Gasteiger charge is -2.28. The van der Waals surface area contributed by atoms with E-state index in [1.807, 2.05) is 60.2 Å². The molecule has 2 heterocycles. The molecule has 40 heavy (non-hydrogen) atoms. The molecule has 2 aromatic heterocycles. The Hall–Kier alpha value is -2.40. The number of aromatic nitrogens is 1. The van der Waals surface area contributed by atoms with Gasteiger partial charge in [-0.2, -0.15) is 0 Å². The van der Waals surface area contributed by atoms with Crippen molar-refractivity contribution in [1.82, 2.24) is 15.2 Å². The number of rotatable bonds is 13. The summed E-state index contributed by atoms with van der Waals surface area (Å²) in [5.74, 6) is -0.0343. The summed E-state index contributed by atoms with van der Waals surface area (Å²) in [5, 5.41) is 8.30. The molecule has 0 bridgehead atoms. The van der Waals surface area contributed by atoms with Gasteiger partial charge in [-0.25, -0.2) is 0 Å². The zero-order valence-corrected chi connectivity index (χ0v) is 26.6. The molecule has 0 unspecified atom stereocenters. The van der Waals surface area contributed by atoms with Crippen LogP contribution in [0.4, 0.5) is 5.69 Å². The first kappa shape index (κ1) is 30.6. The lowest BCUT2D eigenvalue weighted by Crippen LogP contribution is -2.42. The van der Waals surface area contributed by atoms with E-state index in [1.165, 1.54) is 17.3 Å². The van der Waals surface area contributed by atoms with Crippen LogP contribution in [0.25, 0.3) is 10.2 Å². The second-order valence-electron chi connectivity index (χ2n) is 10.7. The number of likely N-dealkylation sites (N-methyl/N-ethyl adjacent to an activating group) is 1. The Labute approximate surface area is 255 Å². The largest absolute Gasteiger partial charge is 0.356 e. The Bertz CT molecular complexity index is 1290. The Morgan fingerprint density at radius 3 is 2.55 bits per heavy atom. The number of carbonyl (C=O) groups is 3. The van der Waals surface area contributed by atoms with E-state index in [9.17, 15) is 14.4 Å². The maximum atomic E-state index is 13.5. The number of hydrogen-bond donors (Lipinski definition) is 2. The highest BCUT2D eigenvalue weighted by Crippen LogP contribution is 2.28. The molecule has 7 nitrogen and oxygen atoms in total. The predicted molar refractivity (Wildman–Crippen MR) is 173 cm³/mol. The molecule has 1 aromatic carbocycles. The molecule has 1 aliphatic carbocycles. The molecule has 0 radical (unpaired) electrons. The average Bonchev–Trinajstić information content (AvgIpc) is 3.54. The lowest BCUT2D eigenvalue weighted by atomic mass is 9.85. The molecular weight excluding hydrogens is 635 g/mol. The number of carbonyl (C=O) groups excluding carboxylic acids is 3. The smallest absolute Gasteiger partial charge is 0.268 e. The molecule has 4 rings (SSSR count). The third-order valence-corrected chi connectivity index (χ3v) is 9.39. The monoisotopic (exact) mass is 676 g/mol. The molecule has 1 fully saturated rings. The number of anilines is 1. The van der Waals surface area contributed by atoms with Crippen molar-refractivity contribution in [3.8, 4) is 0 Å². The Balaban J connectivity index is 1.34. The predicted octanol–water partition coefficient (Wildman–Crippen LogP) is 6.46. The van der Waals surface area contributed by atoms with E-state index in [1.54, 1.807) is 16.2 Å². The van der Waals surface area contributed by atoms with Crippen LogP contribution >= 0.6 is 33.9 Å². The molecule has 216 valence electrons. The molecule has 1 aliphatic rings. The molecule has 2 N–H and O–H groups in total. The average molecular weight is 677 g/mol. The first-order valence-corrected chi connectivity index (χ1v) is 16.9. The highest BCUT2D eigenvalue weighted by atomic mass is 127. The van der Waals surface area contributed by atoms with Crippen LogP contribution < -0.4 is 15.5 Å². The lowest BCUT2D eigenvalue weighted by molar-refractivity contribution is -0.126. The summed E-state index contributed by atoms with van der Waals surface area (Å²) < 4.78 is 4.03. The second-order valence-corrected chi connectivity index (χ2v) is 12.7. The van der Waals surface area contributed by atoms with E-state index < -0.39 is 0 Å². The fourth-order valence-electron chi connectivity index (χ4n) is 5.54. The van der Waals surface area contributed by atoms with Crippen molar-refractivity contribution in [2.75, 3.05) is 22.4 Å². The first-order chi connectivity index (χ1) is 19.4. The summed E-state index contributed by atoms with van der Waals surface area (Å²) in [6.45, 7) is 5.37. The van der Waals surface area contributed by atoms with Crippen molar-refractivity contribution >= 4 is 67.6 Å². The number of alkyl halides is 1. The van der Waals surface area contributed by atoms with Crippen molar-refractivity contribution in [2.45, 2.75) is 77.8 Å². The molecular formula is C31H41IN4O3S. The van der Waals surface area contributed by atoms with Gasteiger partial charge in [0, 0.05) is 30.7 Å². The van der Waals surface area contributed by atoms with Crippen LogP contribution in [0.5, 0.6) is 0 Å². The molecule has 1 saturated carbocycles. The summed E-state index contributed by atoms with van der Waals surface area (Å²) in [7, 11) is 0. The number of aryl methyl sites for hydroxylation is 1. The molecule has 9 heteroatoms. The number of amides is 3. The number of thiophene rings is 1. The first-order valence-electron chi connectivity index (χ1n) is 14.5. The van der Waals surface area contributed by atoms with Gasteiger partial charge in [-0.15, -0.1) is 11.3 Å². The van der Waals surface area contributed by atoms with Gasteiger partial charge in [0.1, 0.15) is 12.2 Å². The molecule has 0 atom stereocenters. The molecule has 0 spiro atoms. The van der Waals surface area contributed by atoms with Crippen LogP contribution in [0.3, 0.4) is 0 Å². The van der Waals surface area contributed by atoms with E-state index >= 15 is 0 Å². The summed E-state index contributed by atoms with van der Waals surface area (Å²) in [6, 6.07) is 11.8.